The third-order valence-electron chi connectivity index (χ3n) is 3.53. The van der Waals surface area contributed by atoms with Crippen molar-refractivity contribution >= 4 is 40.1 Å². The fraction of sp³-hybridized carbons (Fsp3) is 0.118. The third kappa shape index (κ3) is 3.23. The predicted molar refractivity (Wildman–Crippen MR) is 93.1 cm³/mol. The Labute approximate surface area is 143 Å². The number of hydrogen-bond donors (Lipinski definition) is 2. The first-order valence-electron chi connectivity index (χ1n) is 7.30. The first kappa shape index (κ1) is 16.0. The summed E-state index contributed by atoms with van der Waals surface area (Å²) in [4.78, 5) is 24.0. The molecular formula is C17H15ClN4O2. The summed E-state index contributed by atoms with van der Waals surface area (Å²) < 4.78 is 1.64. The van der Waals surface area contributed by atoms with Gasteiger partial charge in [0.2, 0.25) is 5.91 Å². The number of halogens is 1. The van der Waals surface area contributed by atoms with Crippen LogP contribution in [-0.2, 0) is 11.8 Å². The van der Waals surface area contributed by atoms with Gasteiger partial charge in [-0.2, -0.15) is 5.10 Å². The smallest absolute Gasteiger partial charge is 0.251 e. The molecule has 2 amide bonds. The Bertz CT molecular complexity index is 906. The quantitative estimate of drug-likeness (QED) is 0.765. The molecule has 6 nitrogen and oxygen atoms in total. The summed E-state index contributed by atoms with van der Waals surface area (Å²) in [5.41, 5.74) is 1.31. The molecule has 0 aliphatic heterocycles. The Morgan fingerprint density at radius 3 is 2.62 bits per heavy atom. The SMILES string of the molecule is Cn1nc(NC(=O)CNC(=O)c2ccccc2)c2c(Cl)cccc21. The Hall–Kier alpha value is -2.86. The second kappa shape index (κ2) is 6.72. The Morgan fingerprint density at radius 1 is 1.12 bits per heavy atom. The minimum Gasteiger partial charge on any atom is -0.343 e. The van der Waals surface area contributed by atoms with Crippen molar-refractivity contribution in [3.05, 3.63) is 59.1 Å². The fourth-order valence-corrected chi connectivity index (χ4v) is 2.65. The van der Waals surface area contributed by atoms with Crippen LogP contribution in [-0.4, -0.2) is 28.1 Å². The van der Waals surface area contributed by atoms with Gasteiger partial charge in [0.25, 0.3) is 5.91 Å². The second-order valence-corrected chi connectivity index (χ2v) is 5.61. The number of nitrogens with zero attached hydrogens (tertiary/aromatic N) is 2. The maximum Gasteiger partial charge on any atom is 0.251 e. The number of aromatic nitrogens is 2. The van der Waals surface area contributed by atoms with Gasteiger partial charge < -0.3 is 10.6 Å². The molecule has 0 aliphatic rings. The Morgan fingerprint density at radius 2 is 1.88 bits per heavy atom. The molecule has 7 heteroatoms. The van der Waals surface area contributed by atoms with Crippen LogP contribution in [0.25, 0.3) is 10.9 Å². The summed E-state index contributed by atoms with van der Waals surface area (Å²) in [6.07, 6.45) is 0. The average Bonchev–Trinajstić information content (AvgIpc) is 2.90. The van der Waals surface area contributed by atoms with Crippen LogP contribution < -0.4 is 10.6 Å². The van der Waals surface area contributed by atoms with Crippen LogP contribution in [0.4, 0.5) is 5.82 Å². The molecule has 2 aromatic carbocycles. The van der Waals surface area contributed by atoms with E-state index in [2.05, 4.69) is 15.7 Å². The molecule has 0 saturated heterocycles. The van der Waals surface area contributed by atoms with E-state index in [4.69, 9.17) is 11.6 Å². The largest absolute Gasteiger partial charge is 0.343 e. The van der Waals surface area contributed by atoms with Gasteiger partial charge in [-0.25, -0.2) is 0 Å². The standard InChI is InChI=1S/C17H15ClN4O2/c1-22-13-9-5-8-12(18)15(13)16(21-22)20-14(23)10-19-17(24)11-6-3-2-4-7-11/h2-9H,10H2,1H3,(H,19,24)(H,20,21,23). The number of hydrogen-bond acceptors (Lipinski definition) is 3. The van der Waals surface area contributed by atoms with E-state index in [0.29, 0.717) is 21.8 Å². The molecule has 0 atom stereocenters. The van der Waals surface area contributed by atoms with Crippen LogP contribution in [0.15, 0.2) is 48.5 Å². The predicted octanol–water partition coefficient (Wildman–Crippen LogP) is 2.60. The molecular weight excluding hydrogens is 328 g/mol. The van der Waals surface area contributed by atoms with Crippen molar-refractivity contribution in [3.63, 3.8) is 0 Å². The molecule has 24 heavy (non-hydrogen) atoms. The first-order valence-corrected chi connectivity index (χ1v) is 7.68. The van der Waals surface area contributed by atoms with Crippen LogP contribution in [0.1, 0.15) is 10.4 Å². The molecule has 0 unspecified atom stereocenters. The van der Waals surface area contributed by atoms with Gasteiger partial charge in [-0.05, 0) is 24.3 Å². The lowest BCUT2D eigenvalue weighted by Gasteiger charge is -2.06. The number of carbonyl (C=O) groups excluding carboxylic acids is 2. The highest BCUT2D eigenvalue weighted by Crippen LogP contribution is 2.29. The van der Waals surface area contributed by atoms with E-state index in [0.717, 1.165) is 5.52 Å². The van der Waals surface area contributed by atoms with Crippen molar-refractivity contribution in [2.24, 2.45) is 7.05 Å². The van der Waals surface area contributed by atoms with Crippen LogP contribution in [0.2, 0.25) is 5.02 Å². The highest BCUT2D eigenvalue weighted by Gasteiger charge is 2.15. The number of aryl methyl sites for hydroxylation is 1. The zero-order valence-electron chi connectivity index (χ0n) is 12.9. The highest BCUT2D eigenvalue weighted by atomic mass is 35.5. The van der Waals surface area contributed by atoms with E-state index in [1.807, 2.05) is 18.2 Å². The molecule has 122 valence electrons. The summed E-state index contributed by atoms with van der Waals surface area (Å²) in [7, 11) is 1.77. The van der Waals surface area contributed by atoms with E-state index in [-0.39, 0.29) is 18.4 Å². The zero-order chi connectivity index (χ0) is 17.1. The molecule has 0 bridgehead atoms. The van der Waals surface area contributed by atoms with Crippen molar-refractivity contribution in [2.45, 2.75) is 0 Å². The number of carbonyl (C=O) groups is 2. The summed E-state index contributed by atoms with van der Waals surface area (Å²) >= 11 is 6.19. The summed E-state index contributed by atoms with van der Waals surface area (Å²) in [5, 5.41) is 10.7. The van der Waals surface area contributed by atoms with E-state index in [1.165, 1.54) is 0 Å². The van der Waals surface area contributed by atoms with Gasteiger partial charge in [0.05, 0.1) is 22.5 Å². The number of anilines is 1. The molecule has 0 radical (unpaired) electrons. The molecule has 1 aromatic heterocycles. The molecule has 0 saturated carbocycles. The van der Waals surface area contributed by atoms with Gasteiger partial charge in [-0.1, -0.05) is 35.9 Å². The zero-order valence-corrected chi connectivity index (χ0v) is 13.7. The minimum absolute atomic E-state index is 0.157. The average molecular weight is 343 g/mol. The van der Waals surface area contributed by atoms with Gasteiger partial charge >= 0.3 is 0 Å². The first-order chi connectivity index (χ1) is 11.6. The van der Waals surface area contributed by atoms with Gasteiger partial charge in [-0.3, -0.25) is 14.3 Å². The van der Waals surface area contributed by atoms with Crippen molar-refractivity contribution in [1.29, 1.82) is 0 Å². The lowest BCUT2D eigenvalue weighted by molar-refractivity contribution is -0.115. The number of fused-ring (bicyclic) bond motifs is 1. The van der Waals surface area contributed by atoms with E-state index in [1.54, 1.807) is 42.1 Å². The maximum absolute atomic E-state index is 12.1. The second-order valence-electron chi connectivity index (χ2n) is 5.20. The van der Waals surface area contributed by atoms with Gasteiger partial charge in [-0.15, -0.1) is 0 Å². The highest BCUT2D eigenvalue weighted by molar-refractivity contribution is 6.36. The molecule has 0 spiro atoms. The number of benzene rings is 2. The van der Waals surface area contributed by atoms with E-state index >= 15 is 0 Å². The van der Waals surface area contributed by atoms with Crippen molar-refractivity contribution < 1.29 is 9.59 Å². The van der Waals surface area contributed by atoms with Crippen molar-refractivity contribution in [3.8, 4) is 0 Å². The molecule has 2 N–H and O–H groups in total. The summed E-state index contributed by atoms with van der Waals surface area (Å²) in [6.45, 7) is -0.157. The Kier molecular flexibility index (Phi) is 4.48. The van der Waals surface area contributed by atoms with Crippen molar-refractivity contribution in [2.75, 3.05) is 11.9 Å². The number of nitrogens with one attached hydrogen (secondary N) is 2. The van der Waals surface area contributed by atoms with Gasteiger partial charge in [0, 0.05) is 12.6 Å². The van der Waals surface area contributed by atoms with E-state index < -0.39 is 0 Å². The Balaban J connectivity index is 1.69. The van der Waals surface area contributed by atoms with Crippen LogP contribution >= 0.6 is 11.6 Å². The summed E-state index contributed by atoms with van der Waals surface area (Å²) in [6, 6.07) is 14.1. The molecule has 1 heterocycles. The molecule has 0 fully saturated rings. The maximum atomic E-state index is 12.1. The summed E-state index contributed by atoms with van der Waals surface area (Å²) in [5.74, 6) is -0.314. The normalized spacial score (nSPS) is 10.6. The molecule has 0 aliphatic carbocycles. The van der Waals surface area contributed by atoms with Gasteiger partial charge in [0.1, 0.15) is 0 Å². The lowest BCUT2D eigenvalue weighted by atomic mass is 10.2. The topological polar surface area (TPSA) is 76.0 Å². The van der Waals surface area contributed by atoms with E-state index in [9.17, 15) is 9.59 Å². The third-order valence-corrected chi connectivity index (χ3v) is 3.85. The number of rotatable bonds is 4. The monoisotopic (exact) mass is 342 g/mol. The lowest BCUT2D eigenvalue weighted by Crippen LogP contribution is -2.32. The fourth-order valence-electron chi connectivity index (χ4n) is 2.39. The van der Waals surface area contributed by atoms with Crippen molar-refractivity contribution in [1.82, 2.24) is 15.1 Å². The van der Waals surface area contributed by atoms with Crippen LogP contribution in [0, 0.1) is 0 Å². The minimum atomic E-state index is -0.376. The molecule has 3 rings (SSSR count). The van der Waals surface area contributed by atoms with Gasteiger partial charge in [0.15, 0.2) is 5.82 Å². The van der Waals surface area contributed by atoms with Crippen LogP contribution in [0.3, 0.4) is 0 Å². The number of amides is 2. The molecule has 3 aromatic rings. The van der Waals surface area contributed by atoms with Crippen LogP contribution in [0.5, 0.6) is 0 Å².